The number of carbonyl (C=O) groups excluding carboxylic acids is 1. The number of ether oxygens (including phenoxy) is 1. The van der Waals surface area contributed by atoms with E-state index in [9.17, 15) is 8.68 Å². The van der Waals surface area contributed by atoms with Crippen molar-refractivity contribution in [3.05, 3.63) is 23.1 Å². The van der Waals surface area contributed by atoms with Gasteiger partial charge in [-0.2, -0.15) is 4.40 Å². The summed E-state index contributed by atoms with van der Waals surface area (Å²) >= 11 is -0.139. The average Bonchev–Trinajstić information content (AvgIpc) is 2.50. The molecule has 0 aromatic rings. The Morgan fingerprint density at radius 1 is 1.43 bits per heavy atom. The van der Waals surface area contributed by atoms with E-state index in [0.717, 1.165) is 12.2 Å². The van der Waals surface area contributed by atoms with Gasteiger partial charge in [-0.3, -0.25) is 4.79 Å². The molecule has 1 rings (SSSR count). The number of hydrogen-bond donors (Lipinski definition) is 1. The Balaban J connectivity index is 0.00000191. The second-order valence-electron chi connectivity index (χ2n) is 4.15. The minimum atomic E-state index is -0.139. The van der Waals surface area contributed by atoms with Crippen LogP contribution in [0.5, 0.6) is 0 Å². The average molecular weight is 316 g/mol. The van der Waals surface area contributed by atoms with Gasteiger partial charge in [0.15, 0.2) is 18.1 Å². The lowest BCUT2D eigenvalue weighted by Gasteiger charge is -2.19. The third-order valence-electron chi connectivity index (χ3n) is 2.79. The predicted molar refractivity (Wildman–Crippen MR) is 87.6 cm³/mol. The molecule has 120 valence electrons. The SMILES string of the molecule is CC.CCCC(=O)/C(N)=C1\CCC(OCC)=C\C1=N/SF. The molecule has 21 heavy (non-hydrogen) atoms. The minimum absolute atomic E-state index is 0.109. The molecule has 0 aliphatic heterocycles. The van der Waals surface area contributed by atoms with Crippen molar-refractivity contribution in [2.75, 3.05) is 6.61 Å². The summed E-state index contributed by atoms with van der Waals surface area (Å²) in [5.41, 5.74) is 7.07. The Bertz CT molecular complexity index is 431. The van der Waals surface area contributed by atoms with Crippen molar-refractivity contribution in [3.63, 3.8) is 0 Å². The lowest BCUT2D eigenvalue weighted by molar-refractivity contribution is -0.115. The summed E-state index contributed by atoms with van der Waals surface area (Å²) in [5, 5.41) is 0. The second kappa shape index (κ2) is 11.4. The van der Waals surface area contributed by atoms with Gasteiger partial charge in [0.2, 0.25) is 0 Å². The fourth-order valence-electron chi connectivity index (χ4n) is 1.91. The van der Waals surface area contributed by atoms with Crippen LogP contribution in [0, 0.1) is 0 Å². The summed E-state index contributed by atoms with van der Waals surface area (Å²) in [5.74, 6) is 0.636. The van der Waals surface area contributed by atoms with Crippen molar-refractivity contribution in [3.8, 4) is 0 Å². The van der Waals surface area contributed by atoms with Crippen molar-refractivity contribution in [2.45, 2.75) is 53.4 Å². The first-order valence-corrected chi connectivity index (χ1v) is 8.02. The molecule has 0 saturated carbocycles. The van der Waals surface area contributed by atoms with Gasteiger partial charge in [-0.15, -0.1) is 3.89 Å². The van der Waals surface area contributed by atoms with Crippen molar-refractivity contribution >= 4 is 23.8 Å². The van der Waals surface area contributed by atoms with Crippen molar-refractivity contribution < 1.29 is 13.4 Å². The summed E-state index contributed by atoms with van der Waals surface area (Å²) in [6.45, 7) is 8.34. The van der Waals surface area contributed by atoms with E-state index < -0.39 is 0 Å². The van der Waals surface area contributed by atoms with E-state index in [2.05, 4.69) is 4.40 Å². The van der Waals surface area contributed by atoms with Gasteiger partial charge in [-0.1, -0.05) is 20.8 Å². The van der Waals surface area contributed by atoms with Crippen LogP contribution >= 0.6 is 12.3 Å². The molecule has 0 radical (unpaired) electrons. The Hall–Kier alpha value is -1.30. The van der Waals surface area contributed by atoms with Crippen LogP contribution in [0.2, 0.25) is 0 Å². The van der Waals surface area contributed by atoms with Gasteiger partial charge < -0.3 is 10.5 Å². The first kappa shape index (κ1) is 19.7. The number of Topliss-reactive ketones (excluding diaryl/α,β-unsaturated/α-hetero) is 1. The zero-order valence-electron chi connectivity index (χ0n) is 13.2. The maximum atomic E-state index is 12.4. The van der Waals surface area contributed by atoms with E-state index >= 15 is 0 Å². The topological polar surface area (TPSA) is 64.7 Å². The summed E-state index contributed by atoms with van der Waals surface area (Å²) in [7, 11) is 0. The van der Waals surface area contributed by atoms with Gasteiger partial charge in [0.1, 0.15) is 0 Å². The first-order chi connectivity index (χ1) is 10.1. The Morgan fingerprint density at radius 2 is 2.10 bits per heavy atom. The molecule has 0 fully saturated rings. The molecule has 4 nitrogen and oxygen atoms in total. The minimum Gasteiger partial charge on any atom is -0.498 e. The molecule has 0 heterocycles. The van der Waals surface area contributed by atoms with Gasteiger partial charge in [0, 0.05) is 24.5 Å². The maximum Gasteiger partial charge on any atom is 0.187 e. The summed E-state index contributed by atoms with van der Waals surface area (Å²) < 4.78 is 21.5. The van der Waals surface area contributed by atoms with E-state index in [-0.39, 0.29) is 23.8 Å². The third-order valence-corrected chi connectivity index (χ3v) is 3.06. The first-order valence-electron chi connectivity index (χ1n) is 7.35. The Morgan fingerprint density at radius 3 is 2.62 bits per heavy atom. The molecule has 0 aromatic heterocycles. The normalized spacial score (nSPS) is 18.5. The fraction of sp³-hybridized carbons (Fsp3) is 0.600. The monoisotopic (exact) mass is 316 g/mol. The highest BCUT2D eigenvalue weighted by molar-refractivity contribution is 7.93. The van der Waals surface area contributed by atoms with Crippen LogP contribution in [-0.2, 0) is 9.53 Å². The third kappa shape index (κ3) is 6.33. The van der Waals surface area contributed by atoms with Crippen LogP contribution in [0.15, 0.2) is 27.5 Å². The van der Waals surface area contributed by atoms with Crippen molar-refractivity contribution in [1.29, 1.82) is 0 Å². The molecular weight excluding hydrogens is 291 g/mol. The highest BCUT2D eigenvalue weighted by Gasteiger charge is 2.21. The number of hydrogen-bond acceptors (Lipinski definition) is 5. The highest BCUT2D eigenvalue weighted by atomic mass is 32.2. The molecule has 0 saturated heterocycles. The van der Waals surface area contributed by atoms with Gasteiger partial charge in [0.05, 0.1) is 23.8 Å². The molecule has 6 heteroatoms. The number of nitrogens with zero attached hydrogens (tertiary/aromatic N) is 1. The fourth-order valence-corrected chi connectivity index (χ4v) is 2.15. The maximum absolute atomic E-state index is 12.4. The van der Waals surface area contributed by atoms with Gasteiger partial charge in [-0.25, -0.2) is 0 Å². The predicted octanol–water partition coefficient (Wildman–Crippen LogP) is 4.28. The van der Waals surface area contributed by atoms with Gasteiger partial charge in [-0.05, 0) is 19.8 Å². The van der Waals surface area contributed by atoms with Crippen LogP contribution in [0.3, 0.4) is 0 Å². The lowest BCUT2D eigenvalue weighted by atomic mass is 9.94. The largest absolute Gasteiger partial charge is 0.498 e. The molecule has 0 spiro atoms. The number of rotatable bonds is 6. The standard InChI is InChI=1S/C13H19FN2O2S.C2H6/c1-3-5-12(17)13(15)10-7-6-9(18-4-2)8-11(10)16-19-14;1-2/h8H,3-7,15H2,1-2H3;1-2H3/b13-10-,16-11+;. The van der Waals surface area contributed by atoms with E-state index in [4.69, 9.17) is 10.5 Å². The summed E-state index contributed by atoms with van der Waals surface area (Å²) in [4.78, 5) is 11.8. The van der Waals surface area contributed by atoms with Crippen molar-refractivity contribution in [2.24, 2.45) is 10.1 Å². The molecule has 0 atom stereocenters. The number of nitrogens with two attached hydrogens (primary N) is 1. The van der Waals surface area contributed by atoms with Crippen LogP contribution in [0.25, 0.3) is 0 Å². The Labute approximate surface area is 131 Å². The number of allylic oxidation sites excluding steroid dienone is 4. The quantitative estimate of drug-likeness (QED) is 0.586. The molecular formula is C15H25FN2O2S. The van der Waals surface area contributed by atoms with Crippen LogP contribution < -0.4 is 5.73 Å². The molecule has 1 aliphatic rings. The zero-order chi connectivity index (χ0) is 16.3. The molecule has 0 amide bonds. The van der Waals surface area contributed by atoms with Crippen LogP contribution in [0.4, 0.5) is 3.89 Å². The van der Waals surface area contributed by atoms with Crippen molar-refractivity contribution in [1.82, 2.24) is 0 Å². The second-order valence-corrected chi connectivity index (χ2v) is 4.48. The van der Waals surface area contributed by atoms with Gasteiger partial charge in [0.25, 0.3) is 0 Å². The number of ketones is 1. The molecule has 2 N–H and O–H groups in total. The van der Waals surface area contributed by atoms with Crippen LogP contribution in [0.1, 0.15) is 53.4 Å². The summed E-state index contributed by atoms with van der Waals surface area (Å²) in [6.07, 6.45) is 3.98. The molecule has 1 aliphatic carbocycles. The highest BCUT2D eigenvalue weighted by Crippen LogP contribution is 2.25. The molecule has 0 bridgehead atoms. The lowest BCUT2D eigenvalue weighted by Crippen LogP contribution is -2.20. The van der Waals surface area contributed by atoms with E-state index in [1.54, 1.807) is 6.08 Å². The summed E-state index contributed by atoms with van der Waals surface area (Å²) in [6, 6.07) is 0. The smallest absolute Gasteiger partial charge is 0.187 e. The van der Waals surface area contributed by atoms with E-state index in [0.29, 0.717) is 37.2 Å². The molecule has 0 aromatic carbocycles. The Kier molecular flexibility index (Phi) is 10.7. The molecule has 0 unspecified atom stereocenters. The van der Waals surface area contributed by atoms with E-state index in [1.807, 2.05) is 27.7 Å². The number of carbonyl (C=O) groups is 1. The van der Waals surface area contributed by atoms with Crippen LogP contribution in [-0.4, -0.2) is 18.1 Å². The van der Waals surface area contributed by atoms with Gasteiger partial charge >= 0.3 is 0 Å². The number of halogens is 1. The van der Waals surface area contributed by atoms with E-state index in [1.165, 1.54) is 0 Å². The zero-order valence-corrected chi connectivity index (χ0v) is 14.1.